The van der Waals surface area contributed by atoms with Gasteiger partial charge in [-0.25, -0.2) is 0 Å². The lowest BCUT2D eigenvalue weighted by atomic mass is 9.46. The number of fused-ring (bicyclic) bond motifs is 5. The van der Waals surface area contributed by atoms with E-state index in [9.17, 15) is 5.11 Å². The van der Waals surface area contributed by atoms with E-state index in [1.807, 2.05) is 0 Å². The van der Waals surface area contributed by atoms with Crippen LogP contribution in [0.25, 0.3) is 0 Å². The predicted molar refractivity (Wildman–Crippen MR) is 128 cm³/mol. The van der Waals surface area contributed by atoms with Crippen molar-refractivity contribution >= 4 is 0 Å². The maximum Gasteiger partial charge on any atom is 0.0724 e. The second kappa shape index (κ2) is 8.42. The molecule has 0 radical (unpaired) electrons. The molecule has 0 aromatic heterocycles. The number of aliphatic hydroxyl groups excluding tert-OH is 1. The van der Waals surface area contributed by atoms with Crippen LogP contribution in [0.2, 0.25) is 0 Å². The third-order valence-corrected chi connectivity index (χ3v) is 10.9. The van der Waals surface area contributed by atoms with Gasteiger partial charge in [-0.05, 0) is 117 Å². The van der Waals surface area contributed by atoms with Crippen molar-refractivity contribution in [1.29, 1.82) is 0 Å². The molecule has 1 N–H and O–H groups in total. The minimum absolute atomic E-state index is 0.178. The molecule has 1 nitrogen and oxygen atoms in total. The van der Waals surface area contributed by atoms with Gasteiger partial charge in [0, 0.05) is 0 Å². The summed E-state index contributed by atoms with van der Waals surface area (Å²) in [6.07, 6.45) is 17.8. The van der Waals surface area contributed by atoms with Crippen LogP contribution in [0.3, 0.4) is 0 Å². The van der Waals surface area contributed by atoms with Crippen molar-refractivity contribution in [1.82, 2.24) is 0 Å². The van der Waals surface area contributed by atoms with Crippen LogP contribution >= 0.6 is 0 Å². The summed E-state index contributed by atoms with van der Waals surface area (Å²) >= 11 is 0. The Morgan fingerprint density at radius 2 is 1.83 bits per heavy atom. The molecule has 0 amide bonds. The molecule has 0 heterocycles. The smallest absolute Gasteiger partial charge is 0.0724 e. The molecule has 4 aliphatic carbocycles. The Labute approximate surface area is 186 Å². The summed E-state index contributed by atoms with van der Waals surface area (Å²) < 4.78 is 0. The monoisotopic (exact) mass is 412 g/mol. The highest BCUT2D eigenvalue weighted by Crippen LogP contribution is 2.67. The Hall–Kier alpha value is -0.560. The Morgan fingerprint density at radius 3 is 2.53 bits per heavy atom. The summed E-state index contributed by atoms with van der Waals surface area (Å²) in [7, 11) is 0. The first kappa shape index (κ1) is 22.6. The van der Waals surface area contributed by atoms with Crippen molar-refractivity contribution in [3.05, 3.63) is 23.3 Å². The molecule has 0 bridgehead atoms. The predicted octanol–water partition coefficient (Wildman–Crippen LogP) is 7.94. The zero-order valence-corrected chi connectivity index (χ0v) is 20.7. The van der Waals surface area contributed by atoms with Crippen LogP contribution in [0.15, 0.2) is 23.3 Å². The summed E-state index contributed by atoms with van der Waals surface area (Å²) in [5, 5.41) is 10.2. The van der Waals surface area contributed by atoms with Gasteiger partial charge in [0.1, 0.15) is 0 Å². The van der Waals surface area contributed by atoms with E-state index in [0.717, 1.165) is 36.0 Å². The molecule has 30 heavy (non-hydrogen) atoms. The molecule has 170 valence electrons. The number of rotatable bonds is 5. The normalized spacial score (nSPS) is 44.9. The molecular formula is C29H48O. The van der Waals surface area contributed by atoms with Crippen LogP contribution in [-0.2, 0) is 0 Å². The van der Waals surface area contributed by atoms with Crippen molar-refractivity contribution in [3.63, 3.8) is 0 Å². The Kier molecular flexibility index (Phi) is 6.35. The van der Waals surface area contributed by atoms with Gasteiger partial charge in [0.05, 0.1) is 6.10 Å². The molecule has 1 heteroatoms. The summed E-state index contributed by atoms with van der Waals surface area (Å²) in [5.41, 5.74) is 4.22. The molecule has 8 atom stereocenters. The third kappa shape index (κ3) is 3.66. The Morgan fingerprint density at radius 1 is 1.07 bits per heavy atom. The van der Waals surface area contributed by atoms with E-state index in [-0.39, 0.29) is 6.10 Å². The molecule has 0 spiro atoms. The van der Waals surface area contributed by atoms with E-state index in [2.05, 4.69) is 53.7 Å². The average molecular weight is 413 g/mol. The summed E-state index contributed by atoms with van der Waals surface area (Å²) in [6.45, 7) is 14.8. The second-order valence-electron chi connectivity index (χ2n) is 12.4. The van der Waals surface area contributed by atoms with E-state index in [1.54, 1.807) is 11.1 Å². The van der Waals surface area contributed by atoms with Crippen molar-refractivity contribution in [3.8, 4) is 0 Å². The fourth-order valence-electron chi connectivity index (χ4n) is 9.05. The summed E-state index contributed by atoms with van der Waals surface area (Å²) in [6, 6.07) is 0. The molecule has 4 aliphatic rings. The van der Waals surface area contributed by atoms with Crippen LogP contribution in [0.5, 0.6) is 0 Å². The van der Waals surface area contributed by atoms with Gasteiger partial charge in [0.15, 0.2) is 0 Å². The standard InChI is InChI=1S/C29H48O/c1-7-21(19(2)3)9-8-20(4)25-12-13-26-24-11-10-22-18-23(30)14-16-28(22,5)27(24)15-17-29(25,26)6/h7,18-20,23-27,30H,8-17H2,1-6H3. The fourth-order valence-corrected chi connectivity index (χ4v) is 9.05. The molecule has 3 saturated carbocycles. The SMILES string of the molecule is CC=C(CCC(C)C1CCC2C3CCC4=CC(O)CCC4(C)C3CCC12C)C(C)C. The van der Waals surface area contributed by atoms with Gasteiger partial charge in [0.25, 0.3) is 0 Å². The first-order valence-electron chi connectivity index (χ1n) is 13.2. The zero-order chi connectivity index (χ0) is 21.7. The topological polar surface area (TPSA) is 20.2 Å². The Bertz CT molecular complexity index is 686. The van der Waals surface area contributed by atoms with Gasteiger partial charge in [0.2, 0.25) is 0 Å². The van der Waals surface area contributed by atoms with Gasteiger partial charge >= 0.3 is 0 Å². The number of hydrogen-bond donors (Lipinski definition) is 1. The lowest BCUT2D eigenvalue weighted by molar-refractivity contribution is -0.0625. The molecule has 4 rings (SSSR count). The van der Waals surface area contributed by atoms with Gasteiger partial charge in [-0.2, -0.15) is 0 Å². The molecule has 0 aromatic carbocycles. The molecule has 0 aromatic rings. The zero-order valence-electron chi connectivity index (χ0n) is 20.7. The number of hydrogen-bond acceptors (Lipinski definition) is 1. The summed E-state index contributed by atoms with van der Waals surface area (Å²) in [4.78, 5) is 0. The highest BCUT2D eigenvalue weighted by Gasteiger charge is 2.59. The minimum Gasteiger partial charge on any atom is -0.389 e. The lowest BCUT2D eigenvalue weighted by Crippen LogP contribution is -2.51. The van der Waals surface area contributed by atoms with Crippen LogP contribution in [0.1, 0.15) is 106 Å². The van der Waals surface area contributed by atoms with Gasteiger partial charge in [-0.1, -0.05) is 57.9 Å². The molecule has 3 fully saturated rings. The minimum atomic E-state index is -0.178. The summed E-state index contributed by atoms with van der Waals surface area (Å²) in [5.74, 6) is 5.22. The van der Waals surface area contributed by atoms with Crippen molar-refractivity contribution in [2.24, 2.45) is 46.3 Å². The van der Waals surface area contributed by atoms with E-state index in [1.165, 1.54) is 57.8 Å². The van der Waals surface area contributed by atoms with E-state index >= 15 is 0 Å². The van der Waals surface area contributed by atoms with Crippen molar-refractivity contribution < 1.29 is 5.11 Å². The maximum atomic E-state index is 10.2. The molecule has 0 saturated heterocycles. The van der Waals surface area contributed by atoms with Crippen LogP contribution in [-0.4, -0.2) is 11.2 Å². The highest BCUT2D eigenvalue weighted by molar-refractivity contribution is 5.25. The van der Waals surface area contributed by atoms with Crippen LogP contribution < -0.4 is 0 Å². The van der Waals surface area contributed by atoms with Gasteiger partial charge < -0.3 is 5.11 Å². The van der Waals surface area contributed by atoms with Crippen molar-refractivity contribution in [2.45, 2.75) is 112 Å². The van der Waals surface area contributed by atoms with Crippen LogP contribution in [0.4, 0.5) is 0 Å². The second-order valence-corrected chi connectivity index (χ2v) is 12.4. The van der Waals surface area contributed by atoms with Gasteiger partial charge in [-0.3, -0.25) is 0 Å². The number of allylic oxidation sites excluding steroid dienone is 3. The molecular weight excluding hydrogens is 364 g/mol. The third-order valence-electron chi connectivity index (χ3n) is 10.9. The van der Waals surface area contributed by atoms with E-state index in [0.29, 0.717) is 16.7 Å². The maximum absolute atomic E-state index is 10.2. The molecule has 0 aliphatic heterocycles. The van der Waals surface area contributed by atoms with E-state index in [4.69, 9.17) is 0 Å². The molecule has 8 unspecified atom stereocenters. The fraction of sp³-hybridized carbons (Fsp3) is 0.862. The number of aliphatic hydroxyl groups is 1. The first-order valence-corrected chi connectivity index (χ1v) is 13.2. The lowest BCUT2D eigenvalue weighted by Gasteiger charge is -2.59. The van der Waals surface area contributed by atoms with Crippen LogP contribution in [0, 0.1) is 46.3 Å². The van der Waals surface area contributed by atoms with Crippen molar-refractivity contribution in [2.75, 3.05) is 0 Å². The van der Waals surface area contributed by atoms with Gasteiger partial charge in [-0.15, -0.1) is 0 Å². The Balaban J connectivity index is 1.48. The van der Waals surface area contributed by atoms with E-state index < -0.39 is 0 Å². The average Bonchev–Trinajstić information content (AvgIpc) is 3.06. The highest BCUT2D eigenvalue weighted by atomic mass is 16.3. The largest absolute Gasteiger partial charge is 0.389 e. The quantitative estimate of drug-likeness (QED) is 0.454. The first-order chi connectivity index (χ1) is 14.2.